The van der Waals surface area contributed by atoms with Gasteiger partial charge in [0, 0.05) is 11.8 Å². The molecule has 3 heteroatoms. The van der Waals surface area contributed by atoms with Crippen LogP contribution in [0.25, 0.3) is 5.65 Å². The van der Waals surface area contributed by atoms with E-state index in [-0.39, 0.29) is 0 Å². The smallest absolute Gasteiger partial charge is 0.158 e. The molecular weight excluding hydrogens is 150 g/mol. The number of hydrogen-bond donors (Lipinski definition) is 0. The molecule has 0 saturated heterocycles. The topological polar surface area (TPSA) is 30.2 Å². The van der Waals surface area contributed by atoms with E-state index in [0.29, 0.717) is 0 Å². The Balaban J connectivity index is 2.46. The largest absolute Gasteiger partial charge is 0.221 e. The molecule has 0 saturated carbocycles. The summed E-state index contributed by atoms with van der Waals surface area (Å²) in [6.45, 7) is 0. The van der Waals surface area contributed by atoms with Gasteiger partial charge in [0.15, 0.2) is 5.65 Å². The first-order valence-electron chi connectivity index (χ1n) is 4.25. The Kier molecular flexibility index (Phi) is 1.06. The number of aromatic nitrogens is 3. The van der Waals surface area contributed by atoms with E-state index < -0.39 is 0 Å². The summed E-state index contributed by atoms with van der Waals surface area (Å²) in [5.74, 6) is 0. The van der Waals surface area contributed by atoms with Gasteiger partial charge in [0.2, 0.25) is 0 Å². The van der Waals surface area contributed by atoms with Crippen LogP contribution in [0.3, 0.4) is 0 Å². The minimum Gasteiger partial charge on any atom is -0.221 e. The maximum absolute atomic E-state index is 4.24. The molecule has 2 aromatic heterocycles. The van der Waals surface area contributed by atoms with Gasteiger partial charge < -0.3 is 0 Å². The van der Waals surface area contributed by atoms with Crippen molar-refractivity contribution < 1.29 is 0 Å². The lowest BCUT2D eigenvalue weighted by atomic mass is 10.2. The minimum atomic E-state index is 1.05. The molecule has 12 heavy (non-hydrogen) atoms. The predicted molar refractivity (Wildman–Crippen MR) is 45.0 cm³/mol. The van der Waals surface area contributed by atoms with Gasteiger partial charge in [0.05, 0.1) is 0 Å². The minimum absolute atomic E-state index is 1.05. The van der Waals surface area contributed by atoms with Gasteiger partial charge in [0.25, 0.3) is 0 Å². The number of hydrogen-bond acceptors (Lipinski definition) is 2. The molecule has 0 radical (unpaired) electrons. The Morgan fingerprint density at radius 2 is 2.33 bits per heavy atom. The van der Waals surface area contributed by atoms with Crippen LogP contribution >= 0.6 is 0 Å². The van der Waals surface area contributed by atoms with Crippen LogP contribution in [-0.4, -0.2) is 14.6 Å². The highest BCUT2D eigenvalue weighted by atomic mass is 15.3. The quantitative estimate of drug-likeness (QED) is 0.578. The van der Waals surface area contributed by atoms with Crippen molar-refractivity contribution in [3.8, 4) is 0 Å². The van der Waals surface area contributed by atoms with E-state index in [1.165, 1.54) is 30.4 Å². The van der Waals surface area contributed by atoms with Crippen LogP contribution in [0.5, 0.6) is 0 Å². The Labute approximate surface area is 70.0 Å². The lowest BCUT2D eigenvalue weighted by molar-refractivity contribution is 0.911. The van der Waals surface area contributed by atoms with E-state index in [1.807, 2.05) is 10.7 Å². The number of rotatable bonds is 0. The third kappa shape index (κ3) is 0.656. The van der Waals surface area contributed by atoms with Crippen molar-refractivity contribution in [2.24, 2.45) is 0 Å². The normalized spacial score (nSPS) is 15.3. The molecule has 0 N–H and O–H groups in total. The summed E-state index contributed by atoms with van der Waals surface area (Å²) in [6.07, 6.45) is 7.25. The zero-order chi connectivity index (χ0) is 7.97. The molecule has 0 amide bonds. The SMILES string of the molecule is c1nc2c3c(ccn2n1)CCC3. The Bertz CT molecular complexity index is 430. The second-order valence-corrected chi connectivity index (χ2v) is 3.20. The summed E-state index contributed by atoms with van der Waals surface area (Å²) in [4.78, 5) is 4.24. The summed E-state index contributed by atoms with van der Waals surface area (Å²) in [5, 5.41) is 4.10. The monoisotopic (exact) mass is 159 g/mol. The molecule has 0 fully saturated rings. The van der Waals surface area contributed by atoms with Gasteiger partial charge in [-0.25, -0.2) is 9.50 Å². The molecule has 3 nitrogen and oxygen atoms in total. The average molecular weight is 159 g/mol. The van der Waals surface area contributed by atoms with Crippen molar-refractivity contribution in [2.75, 3.05) is 0 Å². The lowest BCUT2D eigenvalue weighted by Gasteiger charge is -1.98. The third-order valence-electron chi connectivity index (χ3n) is 2.52. The van der Waals surface area contributed by atoms with E-state index in [1.54, 1.807) is 6.33 Å². The second kappa shape index (κ2) is 2.06. The fraction of sp³-hybridized carbons (Fsp3) is 0.333. The van der Waals surface area contributed by atoms with Gasteiger partial charge in [-0.15, -0.1) is 0 Å². The van der Waals surface area contributed by atoms with Crippen LogP contribution in [0.15, 0.2) is 18.6 Å². The first kappa shape index (κ1) is 6.17. The number of nitrogens with zero attached hydrogens (tertiary/aromatic N) is 3. The molecule has 2 aromatic rings. The van der Waals surface area contributed by atoms with Crippen molar-refractivity contribution in [3.05, 3.63) is 29.7 Å². The molecule has 0 aromatic carbocycles. The highest BCUT2D eigenvalue weighted by molar-refractivity contribution is 5.52. The predicted octanol–water partition coefficient (Wildman–Crippen LogP) is 1.22. The first-order chi connectivity index (χ1) is 5.95. The van der Waals surface area contributed by atoms with E-state index in [9.17, 15) is 0 Å². The summed E-state index contributed by atoms with van der Waals surface area (Å²) < 4.78 is 1.85. The van der Waals surface area contributed by atoms with E-state index >= 15 is 0 Å². The van der Waals surface area contributed by atoms with Crippen LogP contribution < -0.4 is 0 Å². The lowest BCUT2D eigenvalue weighted by Crippen LogP contribution is -1.92. The number of fused-ring (bicyclic) bond motifs is 3. The van der Waals surface area contributed by atoms with Gasteiger partial charge in [-0.3, -0.25) is 0 Å². The van der Waals surface area contributed by atoms with Gasteiger partial charge in [0.1, 0.15) is 6.33 Å². The van der Waals surface area contributed by atoms with Crippen LogP contribution in [0.1, 0.15) is 17.5 Å². The maximum atomic E-state index is 4.24. The van der Waals surface area contributed by atoms with Gasteiger partial charge in [-0.2, -0.15) is 5.10 Å². The molecule has 0 unspecified atom stereocenters. The van der Waals surface area contributed by atoms with Gasteiger partial charge >= 0.3 is 0 Å². The molecule has 0 aliphatic heterocycles. The maximum Gasteiger partial charge on any atom is 0.158 e. The summed E-state index contributed by atoms with van der Waals surface area (Å²) >= 11 is 0. The van der Waals surface area contributed by atoms with Crippen LogP contribution in [0, 0.1) is 0 Å². The van der Waals surface area contributed by atoms with Crippen LogP contribution in [0.4, 0.5) is 0 Å². The molecule has 1 aliphatic carbocycles. The fourth-order valence-electron chi connectivity index (χ4n) is 1.94. The molecule has 60 valence electrons. The standard InChI is InChI=1S/C9H9N3/c1-2-7-4-5-12-9(8(7)3-1)10-6-11-12/h4-6H,1-3H2. The van der Waals surface area contributed by atoms with E-state index in [4.69, 9.17) is 0 Å². The Morgan fingerprint density at radius 1 is 1.33 bits per heavy atom. The number of aryl methyl sites for hydroxylation is 2. The van der Waals surface area contributed by atoms with E-state index in [0.717, 1.165) is 5.65 Å². The molecule has 0 atom stereocenters. The zero-order valence-electron chi connectivity index (χ0n) is 6.70. The summed E-state index contributed by atoms with van der Waals surface area (Å²) in [5.41, 5.74) is 3.90. The Morgan fingerprint density at radius 3 is 3.33 bits per heavy atom. The van der Waals surface area contributed by atoms with Crippen molar-refractivity contribution in [1.29, 1.82) is 0 Å². The van der Waals surface area contributed by atoms with Crippen LogP contribution in [0.2, 0.25) is 0 Å². The molecule has 0 spiro atoms. The van der Waals surface area contributed by atoms with Crippen LogP contribution in [-0.2, 0) is 12.8 Å². The number of pyridine rings is 1. The molecule has 2 heterocycles. The molecule has 3 rings (SSSR count). The highest BCUT2D eigenvalue weighted by Gasteiger charge is 2.14. The van der Waals surface area contributed by atoms with Crippen molar-refractivity contribution >= 4 is 5.65 Å². The summed E-state index contributed by atoms with van der Waals surface area (Å²) in [6, 6.07) is 2.16. The third-order valence-corrected chi connectivity index (χ3v) is 2.52. The average Bonchev–Trinajstić information content (AvgIpc) is 2.71. The van der Waals surface area contributed by atoms with Crippen molar-refractivity contribution in [3.63, 3.8) is 0 Å². The fourth-order valence-corrected chi connectivity index (χ4v) is 1.94. The molecular formula is C9H9N3. The van der Waals surface area contributed by atoms with Crippen molar-refractivity contribution in [2.45, 2.75) is 19.3 Å². The zero-order valence-corrected chi connectivity index (χ0v) is 6.70. The molecule has 0 bridgehead atoms. The first-order valence-corrected chi connectivity index (χ1v) is 4.25. The molecule has 1 aliphatic rings. The Hall–Kier alpha value is -1.38. The summed E-state index contributed by atoms with van der Waals surface area (Å²) in [7, 11) is 0. The highest BCUT2D eigenvalue weighted by Crippen LogP contribution is 2.23. The van der Waals surface area contributed by atoms with Crippen molar-refractivity contribution in [1.82, 2.24) is 14.6 Å². The second-order valence-electron chi connectivity index (χ2n) is 3.20. The van der Waals surface area contributed by atoms with Gasteiger partial charge in [-0.1, -0.05) is 0 Å². The van der Waals surface area contributed by atoms with Gasteiger partial charge in [-0.05, 0) is 30.9 Å². The van der Waals surface area contributed by atoms with E-state index in [2.05, 4.69) is 16.1 Å².